The quantitative estimate of drug-likeness (QED) is 0.565. The van der Waals surface area contributed by atoms with Crippen molar-refractivity contribution in [3.05, 3.63) is 84.2 Å². The summed E-state index contributed by atoms with van der Waals surface area (Å²) < 4.78 is 5.11. The normalized spacial score (nSPS) is 10.7. The van der Waals surface area contributed by atoms with Gasteiger partial charge in [-0.25, -0.2) is 4.98 Å². The van der Waals surface area contributed by atoms with E-state index in [2.05, 4.69) is 15.3 Å². The summed E-state index contributed by atoms with van der Waals surface area (Å²) in [6.07, 6.45) is 3.21. The van der Waals surface area contributed by atoms with Crippen LogP contribution in [-0.2, 0) is 6.54 Å². The van der Waals surface area contributed by atoms with Gasteiger partial charge in [-0.15, -0.1) is 0 Å². The van der Waals surface area contributed by atoms with Crippen LogP contribution in [0.5, 0.6) is 0 Å². The highest BCUT2D eigenvalue weighted by Gasteiger charge is 2.16. The molecule has 4 rings (SSSR count). The summed E-state index contributed by atoms with van der Waals surface area (Å²) in [6, 6.07) is 17.2. The molecular weight excluding hydrogens is 340 g/mol. The van der Waals surface area contributed by atoms with Gasteiger partial charge in [-0.2, -0.15) is 0 Å². The Morgan fingerprint density at radius 3 is 2.67 bits per heavy atom. The number of nitrogens with one attached hydrogen (secondary N) is 2. The second-order valence-electron chi connectivity index (χ2n) is 6.15. The molecule has 4 aromatic rings. The number of rotatable bonds is 5. The zero-order valence-corrected chi connectivity index (χ0v) is 14.8. The summed E-state index contributed by atoms with van der Waals surface area (Å²) >= 11 is 0. The van der Waals surface area contributed by atoms with E-state index in [0.29, 0.717) is 5.82 Å². The van der Waals surface area contributed by atoms with Crippen molar-refractivity contribution in [1.29, 1.82) is 0 Å². The molecule has 3 heterocycles. The first-order valence-corrected chi connectivity index (χ1v) is 8.60. The number of aromatic amines is 1. The molecular formula is C21H18N4O2. The zero-order chi connectivity index (χ0) is 18.6. The van der Waals surface area contributed by atoms with Gasteiger partial charge in [0.25, 0.3) is 5.91 Å². The minimum Gasteiger partial charge on any atom is -0.459 e. The minimum absolute atomic E-state index is 0.255. The average Bonchev–Trinajstić information content (AvgIpc) is 3.38. The van der Waals surface area contributed by atoms with Crippen LogP contribution in [0.4, 0.5) is 0 Å². The Morgan fingerprint density at radius 1 is 1.11 bits per heavy atom. The minimum atomic E-state index is -0.285. The molecule has 0 unspecified atom stereocenters. The van der Waals surface area contributed by atoms with Crippen LogP contribution in [0.2, 0.25) is 0 Å². The third kappa shape index (κ3) is 3.64. The molecule has 27 heavy (non-hydrogen) atoms. The highest BCUT2D eigenvalue weighted by Crippen LogP contribution is 2.29. The second kappa shape index (κ2) is 7.29. The molecule has 0 spiro atoms. The van der Waals surface area contributed by atoms with E-state index in [1.165, 1.54) is 11.8 Å². The predicted octanol–water partition coefficient (Wildman–Crippen LogP) is 3.97. The fourth-order valence-corrected chi connectivity index (χ4v) is 2.78. The number of hydrogen-bond acceptors (Lipinski definition) is 4. The van der Waals surface area contributed by atoms with Crippen LogP contribution < -0.4 is 5.32 Å². The van der Waals surface area contributed by atoms with E-state index < -0.39 is 0 Å². The Bertz CT molecular complexity index is 1040. The molecule has 0 aliphatic carbocycles. The van der Waals surface area contributed by atoms with E-state index >= 15 is 0 Å². The van der Waals surface area contributed by atoms with Crippen LogP contribution in [0.25, 0.3) is 22.6 Å². The van der Waals surface area contributed by atoms with Crippen molar-refractivity contribution in [3.8, 4) is 22.6 Å². The van der Waals surface area contributed by atoms with Crippen LogP contribution in [-0.4, -0.2) is 20.9 Å². The van der Waals surface area contributed by atoms with Crippen LogP contribution in [0.1, 0.15) is 21.9 Å². The first-order valence-electron chi connectivity index (χ1n) is 8.60. The molecule has 2 N–H and O–H groups in total. The summed E-state index contributed by atoms with van der Waals surface area (Å²) in [6.45, 7) is 2.30. The largest absolute Gasteiger partial charge is 0.459 e. The van der Waals surface area contributed by atoms with Gasteiger partial charge in [-0.3, -0.25) is 9.78 Å². The van der Waals surface area contributed by atoms with Crippen LogP contribution in [0.3, 0.4) is 0 Å². The Labute approximate surface area is 156 Å². The summed E-state index contributed by atoms with van der Waals surface area (Å²) in [5.41, 5.74) is 4.59. The van der Waals surface area contributed by atoms with E-state index in [9.17, 15) is 4.79 Å². The maximum atomic E-state index is 12.1. The number of aromatic nitrogens is 3. The van der Waals surface area contributed by atoms with Gasteiger partial charge < -0.3 is 14.7 Å². The second-order valence-corrected chi connectivity index (χ2v) is 6.15. The summed E-state index contributed by atoms with van der Waals surface area (Å²) in [4.78, 5) is 24.5. The SMILES string of the molecule is Cc1ccc(-c2nc(CNC(=O)c3ccco3)[nH]c2-c2ccccn2)cc1. The van der Waals surface area contributed by atoms with Crippen molar-refractivity contribution in [2.24, 2.45) is 0 Å². The summed E-state index contributed by atoms with van der Waals surface area (Å²) in [7, 11) is 0. The lowest BCUT2D eigenvalue weighted by Crippen LogP contribution is -2.22. The van der Waals surface area contributed by atoms with Crippen molar-refractivity contribution in [2.75, 3.05) is 0 Å². The van der Waals surface area contributed by atoms with Crippen molar-refractivity contribution in [1.82, 2.24) is 20.3 Å². The average molecular weight is 358 g/mol. The number of aryl methyl sites for hydroxylation is 1. The molecule has 0 radical (unpaired) electrons. The molecule has 6 heteroatoms. The monoisotopic (exact) mass is 358 g/mol. The van der Waals surface area contributed by atoms with E-state index in [1.54, 1.807) is 18.3 Å². The highest BCUT2D eigenvalue weighted by molar-refractivity contribution is 5.91. The van der Waals surface area contributed by atoms with Gasteiger partial charge in [0, 0.05) is 11.8 Å². The number of carbonyl (C=O) groups is 1. The molecule has 0 saturated heterocycles. The number of imidazole rings is 1. The van der Waals surface area contributed by atoms with E-state index in [1.807, 2.05) is 49.4 Å². The maximum absolute atomic E-state index is 12.1. The lowest BCUT2D eigenvalue weighted by Gasteiger charge is -2.02. The van der Waals surface area contributed by atoms with Gasteiger partial charge in [-0.1, -0.05) is 35.9 Å². The lowest BCUT2D eigenvalue weighted by molar-refractivity contribution is 0.0922. The van der Waals surface area contributed by atoms with Crippen molar-refractivity contribution in [2.45, 2.75) is 13.5 Å². The number of pyridine rings is 1. The molecule has 0 atom stereocenters. The van der Waals surface area contributed by atoms with E-state index in [0.717, 1.165) is 22.6 Å². The molecule has 0 fully saturated rings. The Morgan fingerprint density at radius 2 is 1.96 bits per heavy atom. The maximum Gasteiger partial charge on any atom is 0.287 e. The van der Waals surface area contributed by atoms with Gasteiger partial charge in [-0.05, 0) is 31.2 Å². The van der Waals surface area contributed by atoms with Crippen LogP contribution >= 0.6 is 0 Å². The van der Waals surface area contributed by atoms with Gasteiger partial charge >= 0.3 is 0 Å². The fraction of sp³-hybridized carbons (Fsp3) is 0.0952. The predicted molar refractivity (Wildman–Crippen MR) is 102 cm³/mol. The molecule has 6 nitrogen and oxygen atoms in total. The Hall–Kier alpha value is -3.67. The lowest BCUT2D eigenvalue weighted by atomic mass is 10.1. The third-order valence-corrected chi connectivity index (χ3v) is 4.16. The molecule has 0 bridgehead atoms. The molecule has 0 aliphatic heterocycles. The third-order valence-electron chi connectivity index (χ3n) is 4.16. The molecule has 3 aromatic heterocycles. The Balaban J connectivity index is 1.65. The number of hydrogen-bond donors (Lipinski definition) is 2. The first kappa shape index (κ1) is 16.8. The standard InChI is InChI=1S/C21H18N4O2/c1-14-7-9-15(10-8-14)19-20(16-5-2-3-11-22-16)25-18(24-19)13-23-21(26)17-6-4-12-27-17/h2-12H,13H2,1H3,(H,23,26)(H,24,25). The molecule has 134 valence electrons. The number of nitrogens with zero attached hydrogens (tertiary/aromatic N) is 2. The van der Waals surface area contributed by atoms with Gasteiger partial charge in [0.2, 0.25) is 0 Å². The topological polar surface area (TPSA) is 83.8 Å². The number of H-pyrrole nitrogens is 1. The van der Waals surface area contributed by atoms with Crippen LogP contribution in [0.15, 0.2) is 71.5 Å². The van der Waals surface area contributed by atoms with E-state index in [4.69, 9.17) is 9.40 Å². The zero-order valence-electron chi connectivity index (χ0n) is 14.8. The molecule has 0 saturated carbocycles. The van der Waals surface area contributed by atoms with E-state index in [-0.39, 0.29) is 18.2 Å². The van der Waals surface area contributed by atoms with Crippen molar-refractivity contribution >= 4 is 5.91 Å². The number of furan rings is 1. The highest BCUT2D eigenvalue weighted by atomic mass is 16.3. The Kier molecular flexibility index (Phi) is 4.53. The summed E-state index contributed by atoms with van der Waals surface area (Å²) in [5.74, 6) is 0.629. The molecule has 0 aliphatic rings. The van der Waals surface area contributed by atoms with Gasteiger partial charge in [0.05, 0.1) is 29.9 Å². The van der Waals surface area contributed by atoms with Gasteiger partial charge in [0.1, 0.15) is 5.82 Å². The number of carbonyl (C=O) groups excluding carboxylic acids is 1. The van der Waals surface area contributed by atoms with Gasteiger partial charge in [0.15, 0.2) is 5.76 Å². The number of benzene rings is 1. The molecule has 1 amide bonds. The van der Waals surface area contributed by atoms with Crippen molar-refractivity contribution < 1.29 is 9.21 Å². The smallest absolute Gasteiger partial charge is 0.287 e. The summed E-state index contributed by atoms with van der Waals surface area (Å²) in [5, 5.41) is 2.81. The number of amides is 1. The first-order chi connectivity index (χ1) is 13.2. The van der Waals surface area contributed by atoms with Crippen molar-refractivity contribution in [3.63, 3.8) is 0 Å². The molecule has 1 aromatic carbocycles. The fourth-order valence-electron chi connectivity index (χ4n) is 2.78. The van der Waals surface area contributed by atoms with Crippen LogP contribution in [0, 0.1) is 6.92 Å².